The zero-order valence-electron chi connectivity index (χ0n) is 14.7. The summed E-state index contributed by atoms with van der Waals surface area (Å²) >= 11 is 24.7. The first-order valence-corrected chi connectivity index (χ1v) is 10.1. The fourth-order valence-corrected chi connectivity index (χ4v) is 3.78. The average Bonchev–Trinajstić information content (AvgIpc) is 3.02. The van der Waals surface area contributed by atoms with Gasteiger partial charge in [0.25, 0.3) is 5.91 Å². The van der Waals surface area contributed by atoms with Crippen LogP contribution in [0.5, 0.6) is 0 Å². The minimum absolute atomic E-state index is 0.258. The average molecular weight is 462 g/mol. The van der Waals surface area contributed by atoms with Crippen LogP contribution in [0, 0.1) is 0 Å². The SMILES string of the molecule is O=C1/C(=C\c2cccc(Cl)c2)N=C(c2ccccc2)N1c1cc(Cl)c(Cl)cc1Cl. The molecule has 1 aliphatic rings. The number of aliphatic imine (C=N–C) groups is 1. The number of hydrogen-bond acceptors (Lipinski definition) is 2. The van der Waals surface area contributed by atoms with Gasteiger partial charge in [0, 0.05) is 10.6 Å². The second-order valence-corrected chi connectivity index (χ2v) is 7.90. The van der Waals surface area contributed by atoms with Crippen molar-refractivity contribution in [1.82, 2.24) is 0 Å². The molecule has 0 saturated heterocycles. The summed E-state index contributed by atoms with van der Waals surface area (Å²) in [5, 5.41) is 1.46. The first-order valence-electron chi connectivity index (χ1n) is 8.54. The molecule has 0 saturated carbocycles. The second-order valence-electron chi connectivity index (χ2n) is 6.24. The Bertz CT molecular complexity index is 1170. The van der Waals surface area contributed by atoms with Crippen LogP contribution in [-0.2, 0) is 4.79 Å². The van der Waals surface area contributed by atoms with Crippen LogP contribution >= 0.6 is 46.4 Å². The highest BCUT2D eigenvalue weighted by Gasteiger charge is 2.34. The molecule has 0 atom stereocenters. The van der Waals surface area contributed by atoms with Gasteiger partial charge in [-0.15, -0.1) is 0 Å². The van der Waals surface area contributed by atoms with Gasteiger partial charge in [0.15, 0.2) is 0 Å². The van der Waals surface area contributed by atoms with Crippen molar-refractivity contribution >= 4 is 69.9 Å². The third-order valence-corrected chi connectivity index (χ3v) is 5.54. The first-order chi connectivity index (χ1) is 13.9. The van der Waals surface area contributed by atoms with Gasteiger partial charge in [-0.2, -0.15) is 0 Å². The predicted octanol–water partition coefficient (Wildman–Crippen LogP) is 7.13. The lowest BCUT2D eigenvalue weighted by atomic mass is 10.1. The zero-order valence-corrected chi connectivity index (χ0v) is 17.8. The molecule has 144 valence electrons. The summed E-state index contributed by atoms with van der Waals surface area (Å²) in [5.74, 6) is 0.119. The number of anilines is 1. The highest BCUT2D eigenvalue weighted by molar-refractivity contribution is 6.45. The molecule has 1 heterocycles. The maximum atomic E-state index is 13.3. The van der Waals surface area contributed by atoms with E-state index in [1.54, 1.807) is 24.3 Å². The largest absolute Gasteiger partial charge is 0.282 e. The van der Waals surface area contributed by atoms with Gasteiger partial charge >= 0.3 is 0 Å². The van der Waals surface area contributed by atoms with Crippen molar-refractivity contribution < 1.29 is 4.79 Å². The Morgan fingerprint density at radius 3 is 2.24 bits per heavy atom. The van der Waals surface area contributed by atoms with E-state index in [9.17, 15) is 4.79 Å². The molecule has 0 aliphatic carbocycles. The van der Waals surface area contributed by atoms with E-state index in [1.165, 1.54) is 11.0 Å². The summed E-state index contributed by atoms with van der Waals surface area (Å²) in [6.45, 7) is 0. The smallest absolute Gasteiger partial charge is 0.266 e. The number of benzene rings is 3. The molecule has 29 heavy (non-hydrogen) atoms. The van der Waals surface area contributed by atoms with Gasteiger partial charge in [-0.25, -0.2) is 4.99 Å². The van der Waals surface area contributed by atoms with Gasteiger partial charge in [0.05, 0.1) is 20.8 Å². The fraction of sp³-hybridized carbons (Fsp3) is 0. The second kappa shape index (κ2) is 8.21. The zero-order chi connectivity index (χ0) is 20.5. The third kappa shape index (κ3) is 4.05. The Hall–Kier alpha value is -2.30. The number of amides is 1. The molecule has 0 spiro atoms. The van der Waals surface area contributed by atoms with Gasteiger partial charge in [0.1, 0.15) is 11.5 Å². The Morgan fingerprint density at radius 2 is 1.52 bits per heavy atom. The van der Waals surface area contributed by atoms with Crippen LogP contribution in [-0.4, -0.2) is 11.7 Å². The van der Waals surface area contributed by atoms with E-state index < -0.39 is 0 Å². The van der Waals surface area contributed by atoms with Crippen molar-refractivity contribution in [2.45, 2.75) is 0 Å². The normalized spacial score (nSPS) is 15.2. The number of carbonyl (C=O) groups is 1. The predicted molar refractivity (Wildman–Crippen MR) is 121 cm³/mol. The standard InChI is InChI=1S/C22H12Cl4N2O/c23-15-8-4-5-13(9-15)10-19-22(29)28(20-12-17(25)16(24)11-18(20)26)21(27-19)14-6-2-1-3-7-14/h1-12H/b19-10+. The molecule has 0 radical (unpaired) electrons. The van der Waals surface area contributed by atoms with Crippen molar-refractivity contribution in [3.63, 3.8) is 0 Å². The van der Waals surface area contributed by atoms with Gasteiger partial charge in [0.2, 0.25) is 0 Å². The van der Waals surface area contributed by atoms with Crippen molar-refractivity contribution in [2.75, 3.05) is 4.90 Å². The van der Waals surface area contributed by atoms with E-state index in [-0.39, 0.29) is 11.6 Å². The Labute approximate surface area is 187 Å². The van der Waals surface area contributed by atoms with E-state index in [0.717, 1.165) is 11.1 Å². The molecule has 1 aliphatic heterocycles. The Kier molecular flexibility index (Phi) is 5.66. The Morgan fingerprint density at radius 1 is 0.793 bits per heavy atom. The maximum absolute atomic E-state index is 13.3. The van der Waals surface area contributed by atoms with Crippen LogP contribution in [0.15, 0.2) is 77.4 Å². The Balaban J connectivity index is 1.87. The molecule has 0 bridgehead atoms. The highest BCUT2D eigenvalue weighted by Crippen LogP contribution is 2.38. The molecule has 0 unspecified atom stereocenters. The third-order valence-electron chi connectivity index (χ3n) is 4.28. The lowest BCUT2D eigenvalue weighted by Crippen LogP contribution is -2.32. The van der Waals surface area contributed by atoms with Gasteiger partial charge < -0.3 is 0 Å². The van der Waals surface area contributed by atoms with E-state index in [2.05, 4.69) is 4.99 Å². The fourth-order valence-electron chi connectivity index (χ4n) is 2.96. The lowest BCUT2D eigenvalue weighted by molar-refractivity contribution is -0.113. The van der Waals surface area contributed by atoms with Crippen molar-refractivity contribution in [1.29, 1.82) is 0 Å². The summed E-state index contributed by atoms with van der Waals surface area (Å²) in [6.07, 6.45) is 1.68. The monoisotopic (exact) mass is 460 g/mol. The van der Waals surface area contributed by atoms with Crippen LogP contribution < -0.4 is 4.90 Å². The summed E-state index contributed by atoms with van der Waals surface area (Å²) < 4.78 is 0. The summed E-state index contributed by atoms with van der Waals surface area (Å²) in [7, 11) is 0. The number of halogens is 4. The summed E-state index contributed by atoms with van der Waals surface area (Å²) in [4.78, 5) is 19.3. The summed E-state index contributed by atoms with van der Waals surface area (Å²) in [6, 6.07) is 19.6. The van der Waals surface area contributed by atoms with Gasteiger partial charge in [-0.3, -0.25) is 9.69 Å². The molecule has 3 aromatic rings. The minimum Gasteiger partial charge on any atom is -0.266 e. The van der Waals surface area contributed by atoms with Crippen LogP contribution in [0.2, 0.25) is 20.1 Å². The molecule has 1 amide bonds. The van der Waals surface area contributed by atoms with Crippen LogP contribution in [0.1, 0.15) is 11.1 Å². The number of rotatable bonds is 3. The molecular weight excluding hydrogens is 450 g/mol. The highest BCUT2D eigenvalue weighted by atomic mass is 35.5. The van der Waals surface area contributed by atoms with Crippen LogP contribution in [0.25, 0.3) is 6.08 Å². The van der Waals surface area contributed by atoms with Crippen molar-refractivity contribution in [3.8, 4) is 0 Å². The minimum atomic E-state index is -0.330. The number of nitrogens with zero attached hydrogens (tertiary/aromatic N) is 2. The quantitative estimate of drug-likeness (QED) is 0.301. The molecule has 7 heteroatoms. The molecule has 3 nitrogen and oxygen atoms in total. The van der Waals surface area contributed by atoms with E-state index in [0.29, 0.717) is 31.6 Å². The molecule has 0 aromatic heterocycles. The molecule has 4 rings (SSSR count). The molecule has 0 fully saturated rings. The summed E-state index contributed by atoms with van der Waals surface area (Å²) in [5.41, 5.74) is 2.19. The first kappa shape index (κ1) is 20.0. The van der Waals surface area contributed by atoms with Crippen molar-refractivity contribution in [3.05, 3.63) is 104 Å². The number of carbonyl (C=O) groups excluding carboxylic acids is 1. The molecule has 3 aromatic carbocycles. The molecule has 0 N–H and O–H groups in total. The van der Waals surface area contributed by atoms with Crippen LogP contribution in [0.3, 0.4) is 0 Å². The van der Waals surface area contributed by atoms with E-state index in [1.807, 2.05) is 42.5 Å². The maximum Gasteiger partial charge on any atom is 0.282 e. The van der Waals surface area contributed by atoms with E-state index in [4.69, 9.17) is 46.4 Å². The number of hydrogen-bond donors (Lipinski definition) is 0. The molecular formula is C22H12Cl4N2O. The van der Waals surface area contributed by atoms with Crippen LogP contribution in [0.4, 0.5) is 5.69 Å². The van der Waals surface area contributed by atoms with Crippen molar-refractivity contribution in [2.24, 2.45) is 4.99 Å². The number of amidine groups is 1. The van der Waals surface area contributed by atoms with Gasteiger partial charge in [-0.05, 0) is 35.9 Å². The van der Waals surface area contributed by atoms with Gasteiger partial charge in [-0.1, -0.05) is 88.9 Å². The lowest BCUT2D eigenvalue weighted by Gasteiger charge is -2.20. The topological polar surface area (TPSA) is 32.7 Å². The van der Waals surface area contributed by atoms with E-state index >= 15 is 0 Å².